The molecule has 0 saturated carbocycles. The monoisotopic (exact) mass is 513 g/mol. The number of halogens is 5. The molecule has 1 aliphatic heterocycles. The zero-order chi connectivity index (χ0) is 26.4. The van der Waals surface area contributed by atoms with Gasteiger partial charge in [-0.1, -0.05) is 6.07 Å². The number of morpholine rings is 1. The van der Waals surface area contributed by atoms with Gasteiger partial charge in [0.1, 0.15) is 18.5 Å². The van der Waals surface area contributed by atoms with Crippen LogP contribution < -0.4 is 9.47 Å². The van der Waals surface area contributed by atoms with Gasteiger partial charge in [-0.25, -0.2) is 22.0 Å². The SMILES string of the molecule is COc1cc(CCC(C)=O)ccc1OCC1CN(C(=O)/C=C/c2c(F)c(F)c(F)c(F)c2F)CCO1. The molecule has 3 rings (SSSR count). The van der Waals surface area contributed by atoms with E-state index in [0.717, 1.165) is 11.6 Å². The molecule has 1 heterocycles. The van der Waals surface area contributed by atoms with Gasteiger partial charge in [-0.3, -0.25) is 4.79 Å². The molecule has 0 N–H and O–H groups in total. The first-order chi connectivity index (χ1) is 17.1. The van der Waals surface area contributed by atoms with Crippen molar-refractivity contribution in [2.24, 2.45) is 0 Å². The number of rotatable bonds is 9. The highest BCUT2D eigenvalue weighted by Gasteiger charge is 2.26. The van der Waals surface area contributed by atoms with Crippen LogP contribution in [0.4, 0.5) is 22.0 Å². The lowest BCUT2D eigenvalue weighted by Gasteiger charge is -2.32. The molecule has 1 aliphatic rings. The molecule has 0 aromatic heterocycles. The Kier molecular flexibility index (Phi) is 9.03. The summed E-state index contributed by atoms with van der Waals surface area (Å²) < 4.78 is 84.3. The third kappa shape index (κ3) is 6.39. The normalized spacial score (nSPS) is 15.9. The van der Waals surface area contributed by atoms with Crippen molar-refractivity contribution in [2.75, 3.05) is 33.4 Å². The van der Waals surface area contributed by atoms with Crippen LogP contribution in [0.3, 0.4) is 0 Å². The minimum atomic E-state index is -2.27. The van der Waals surface area contributed by atoms with Crippen molar-refractivity contribution < 1.29 is 45.8 Å². The van der Waals surface area contributed by atoms with E-state index < -0.39 is 46.7 Å². The Morgan fingerprint density at radius 1 is 1.06 bits per heavy atom. The summed E-state index contributed by atoms with van der Waals surface area (Å²) in [5, 5.41) is 0. The molecule has 0 aliphatic carbocycles. The van der Waals surface area contributed by atoms with Crippen LogP contribution >= 0.6 is 0 Å². The Morgan fingerprint density at radius 2 is 1.72 bits per heavy atom. The minimum absolute atomic E-state index is 0.0499. The molecule has 1 unspecified atom stereocenters. The quantitative estimate of drug-likeness (QED) is 0.217. The second-order valence-electron chi connectivity index (χ2n) is 8.09. The topological polar surface area (TPSA) is 65.1 Å². The van der Waals surface area contributed by atoms with E-state index >= 15 is 0 Å². The van der Waals surface area contributed by atoms with Crippen molar-refractivity contribution in [3.8, 4) is 11.5 Å². The summed E-state index contributed by atoms with van der Waals surface area (Å²) in [6, 6.07) is 5.27. The molecule has 11 heteroatoms. The van der Waals surface area contributed by atoms with Crippen LogP contribution in [-0.4, -0.2) is 56.1 Å². The molecule has 1 atom stereocenters. The highest BCUT2D eigenvalue weighted by Crippen LogP contribution is 2.29. The lowest BCUT2D eigenvalue weighted by Crippen LogP contribution is -2.47. The van der Waals surface area contributed by atoms with Crippen LogP contribution in [0.15, 0.2) is 24.3 Å². The van der Waals surface area contributed by atoms with E-state index in [1.54, 1.807) is 12.1 Å². The van der Waals surface area contributed by atoms with E-state index in [-0.39, 0.29) is 32.1 Å². The van der Waals surface area contributed by atoms with Crippen LogP contribution in [0.25, 0.3) is 6.08 Å². The maximum atomic E-state index is 13.8. The highest BCUT2D eigenvalue weighted by atomic mass is 19.2. The van der Waals surface area contributed by atoms with Gasteiger partial charge in [0.25, 0.3) is 0 Å². The molecule has 0 radical (unpaired) electrons. The Balaban J connectivity index is 1.62. The predicted molar refractivity (Wildman–Crippen MR) is 119 cm³/mol. The number of methoxy groups -OCH3 is 1. The number of nitrogens with zero attached hydrogens (tertiary/aromatic N) is 1. The van der Waals surface area contributed by atoms with Crippen molar-refractivity contribution in [3.05, 3.63) is 64.5 Å². The van der Waals surface area contributed by atoms with Gasteiger partial charge in [0, 0.05) is 19.0 Å². The lowest BCUT2D eigenvalue weighted by atomic mass is 10.1. The summed E-state index contributed by atoms with van der Waals surface area (Å²) in [7, 11) is 1.48. The summed E-state index contributed by atoms with van der Waals surface area (Å²) in [5.74, 6) is -10.2. The molecule has 0 bridgehead atoms. The zero-order valence-corrected chi connectivity index (χ0v) is 19.6. The Morgan fingerprint density at radius 3 is 2.36 bits per heavy atom. The van der Waals surface area contributed by atoms with Gasteiger partial charge in [-0.05, 0) is 37.1 Å². The Bertz CT molecular complexity index is 1140. The van der Waals surface area contributed by atoms with Crippen LogP contribution in [0.1, 0.15) is 24.5 Å². The van der Waals surface area contributed by atoms with Gasteiger partial charge < -0.3 is 23.9 Å². The Labute approximate surface area is 204 Å². The second-order valence-corrected chi connectivity index (χ2v) is 8.09. The number of hydrogen-bond donors (Lipinski definition) is 0. The summed E-state index contributed by atoms with van der Waals surface area (Å²) in [6.07, 6.45) is 1.71. The van der Waals surface area contributed by atoms with Gasteiger partial charge in [0.05, 0.1) is 25.8 Å². The van der Waals surface area contributed by atoms with E-state index in [9.17, 15) is 31.5 Å². The summed E-state index contributed by atoms with van der Waals surface area (Å²) in [4.78, 5) is 25.0. The fraction of sp³-hybridized carbons (Fsp3) is 0.360. The van der Waals surface area contributed by atoms with Gasteiger partial charge in [-0.15, -0.1) is 0 Å². The number of carbonyl (C=O) groups is 2. The largest absolute Gasteiger partial charge is 0.493 e. The summed E-state index contributed by atoms with van der Waals surface area (Å²) in [5.41, 5.74) is -0.299. The molecule has 6 nitrogen and oxygen atoms in total. The zero-order valence-electron chi connectivity index (χ0n) is 19.6. The number of carbonyl (C=O) groups excluding carboxylic acids is 2. The van der Waals surface area contributed by atoms with Crippen LogP contribution in [0.2, 0.25) is 0 Å². The molecule has 2 aromatic rings. The molecule has 1 fully saturated rings. The number of benzene rings is 2. The predicted octanol–water partition coefficient (Wildman–Crippen LogP) is 4.23. The summed E-state index contributed by atoms with van der Waals surface area (Å²) >= 11 is 0. The van der Waals surface area contributed by atoms with Crippen LogP contribution in [-0.2, 0) is 20.7 Å². The molecule has 1 saturated heterocycles. The van der Waals surface area contributed by atoms with E-state index in [0.29, 0.717) is 30.4 Å². The molecule has 36 heavy (non-hydrogen) atoms. The molecule has 194 valence electrons. The van der Waals surface area contributed by atoms with Crippen molar-refractivity contribution in [1.29, 1.82) is 0 Å². The average molecular weight is 513 g/mol. The van der Waals surface area contributed by atoms with Gasteiger partial charge in [0.2, 0.25) is 11.7 Å². The number of ether oxygens (including phenoxy) is 3. The molecule has 0 spiro atoms. The molecule has 1 amide bonds. The van der Waals surface area contributed by atoms with E-state index in [1.807, 2.05) is 6.07 Å². The minimum Gasteiger partial charge on any atom is -0.493 e. The second kappa shape index (κ2) is 12.0. The molecule has 2 aromatic carbocycles. The van der Waals surface area contributed by atoms with Crippen molar-refractivity contribution >= 4 is 17.8 Å². The average Bonchev–Trinajstić information content (AvgIpc) is 2.88. The third-order valence-corrected chi connectivity index (χ3v) is 5.51. The number of ketones is 1. The number of amides is 1. The first-order valence-electron chi connectivity index (χ1n) is 11.0. The summed E-state index contributed by atoms with van der Waals surface area (Å²) in [6.45, 7) is 1.94. The van der Waals surface area contributed by atoms with Crippen molar-refractivity contribution in [3.63, 3.8) is 0 Å². The van der Waals surface area contributed by atoms with Gasteiger partial charge in [-0.2, -0.15) is 0 Å². The van der Waals surface area contributed by atoms with Crippen molar-refractivity contribution in [1.82, 2.24) is 4.90 Å². The number of hydrogen-bond acceptors (Lipinski definition) is 5. The molecular weight excluding hydrogens is 489 g/mol. The van der Waals surface area contributed by atoms with E-state index in [4.69, 9.17) is 14.2 Å². The van der Waals surface area contributed by atoms with Crippen molar-refractivity contribution in [2.45, 2.75) is 25.9 Å². The number of Topliss-reactive ketones (excluding diaryl/α,β-unsaturated/α-hetero) is 1. The Hall–Kier alpha value is -3.47. The van der Waals surface area contributed by atoms with Crippen LogP contribution in [0.5, 0.6) is 11.5 Å². The van der Waals surface area contributed by atoms with Gasteiger partial charge in [0.15, 0.2) is 34.8 Å². The van der Waals surface area contributed by atoms with Gasteiger partial charge >= 0.3 is 0 Å². The first kappa shape index (κ1) is 27.1. The standard InChI is InChI=1S/C25H24F5NO5/c1-14(32)3-4-15-5-7-18(19(11-15)34-2)36-13-16-12-31(9-10-35-16)20(33)8-6-17-21(26)23(28)25(30)24(29)22(17)27/h5-8,11,16H,3-4,9-10,12-13H2,1-2H3/b8-6+. The molecular formula is C25H24F5NO5. The smallest absolute Gasteiger partial charge is 0.246 e. The fourth-order valence-electron chi connectivity index (χ4n) is 3.54. The lowest BCUT2D eigenvalue weighted by molar-refractivity contribution is -0.134. The van der Waals surface area contributed by atoms with Crippen LogP contribution in [0, 0.1) is 29.1 Å². The fourth-order valence-corrected chi connectivity index (χ4v) is 3.54. The highest BCUT2D eigenvalue weighted by molar-refractivity contribution is 5.92. The maximum Gasteiger partial charge on any atom is 0.246 e. The number of aryl methyl sites for hydroxylation is 1. The third-order valence-electron chi connectivity index (χ3n) is 5.51. The van der Waals surface area contributed by atoms with E-state index in [2.05, 4.69) is 0 Å². The van der Waals surface area contributed by atoms with E-state index in [1.165, 1.54) is 18.9 Å². The maximum absolute atomic E-state index is 13.8. The first-order valence-corrected chi connectivity index (χ1v) is 11.0.